The maximum atomic E-state index is 12.2. The number of hydrogen-bond donors (Lipinski definition) is 1. The fourth-order valence-electron chi connectivity index (χ4n) is 1.21. The molecule has 0 aliphatic carbocycles. The van der Waals surface area contributed by atoms with E-state index in [0.29, 0.717) is 0 Å². The van der Waals surface area contributed by atoms with Gasteiger partial charge in [0.15, 0.2) is 5.75 Å². The van der Waals surface area contributed by atoms with Crippen LogP contribution in [-0.2, 0) is 11.9 Å². The average molecular weight is 316 g/mol. The molecule has 0 fully saturated rings. The molecule has 0 radical (unpaired) electrons. The molecule has 17 heavy (non-hydrogen) atoms. The van der Waals surface area contributed by atoms with Crippen molar-refractivity contribution in [3.05, 3.63) is 17.5 Å². The van der Waals surface area contributed by atoms with Gasteiger partial charge in [-0.05, 0) is 0 Å². The molecule has 0 aliphatic rings. The van der Waals surface area contributed by atoms with Gasteiger partial charge >= 0.3 is 6.36 Å². The van der Waals surface area contributed by atoms with E-state index in [1.807, 2.05) is 0 Å². The Hall–Kier alpha value is -1.02. The van der Waals surface area contributed by atoms with Crippen LogP contribution in [0.4, 0.5) is 13.2 Å². The van der Waals surface area contributed by atoms with Crippen LogP contribution in [0.15, 0.2) is 6.20 Å². The van der Waals surface area contributed by atoms with Gasteiger partial charge in [-0.25, -0.2) is 0 Å². The van der Waals surface area contributed by atoms with Crippen LogP contribution in [0.3, 0.4) is 0 Å². The average Bonchev–Trinajstić information content (AvgIpc) is 2.26. The molecule has 4 nitrogen and oxygen atoms in total. The lowest BCUT2D eigenvalue weighted by Crippen LogP contribution is -2.20. The van der Waals surface area contributed by atoms with Crippen LogP contribution >= 0.6 is 15.9 Å². The van der Waals surface area contributed by atoms with Crippen LogP contribution in [0.5, 0.6) is 11.5 Å². The Morgan fingerprint density at radius 2 is 2.12 bits per heavy atom. The molecule has 0 amide bonds. The van der Waals surface area contributed by atoms with E-state index in [2.05, 4.69) is 25.7 Å². The highest BCUT2D eigenvalue weighted by Gasteiger charge is 2.34. The summed E-state index contributed by atoms with van der Waals surface area (Å²) in [6.45, 7) is -0.657. The molecule has 1 heterocycles. The second kappa shape index (κ2) is 5.54. The third-order valence-corrected chi connectivity index (χ3v) is 2.45. The maximum absolute atomic E-state index is 12.2. The molecule has 96 valence electrons. The smallest absolute Gasteiger partial charge is 0.495 e. The monoisotopic (exact) mass is 315 g/mol. The van der Waals surface area contributed by atoms with Crippen LogP contribution in [-0.4, -0.2) is 23.6 Å². The summed E-state index contributed by atoms with van der Waals surface area (Å²) in [7, 11) is 1.30. The van der Waals surface area contributed by atoms with Gasteiger partial charge in [-0.3, -0.25) is 4.98 Å². The van der Waals surface area contributed by atoms with Crippen LogP contribution in [0, 0.1) is 0 Å². The second-order valence-electron chi connectivity index (χ2n) is 2.92. The standard InChI is InChI=1S/C9H9BrF3NO3/c1-16-7-3-14-6(4-15)8(5(7)2-10)17-9(11,12)13/h3,15H,2,4H2,1H3. The minimum absolute atomic E-state index is 0.0805. The SMILES string of the molecule is COc1cnc(CO)c(OC(F)(F)F)c1CBr. The molecule has 1 N–H and O–H groups in total. The van der Waals surface area contributed by atoms with Crippen LogP contribution in [0.2, 0.25) is 0 Å². The van der Waals surface area contributed by atoms with Crippen molar-refractivity contribution in [3.8, 4) is 11.5 Å². The number of hydrogen-bond acceptors (Lipinski definition) is 4. The number of pyridine rings is 1. The summed E-state index contributed by atoms with van der Waals surface area (Å²) in [5, 5.41) is 9.01. The number of aliphatic hydroxyl groups excluding tert-OH is 1. The lowest BCUT2D eigenvalue weighted by molar-refractivity contribution is -0.275. The number of ether oxygens (including phenoxy) is 2. The third kappa shape index (κ3) is 3.47. The Bertz CT molecular complexity index is 398. The van der Waals surface area contributed by atoms with Gasteiger partial charge in [-0.15, -0.1) is 13.2 Å². The zero-order valence-corrected chi connectivity index (χ0v) is 10.3. The molecule has 8 heteroatoms. The Morgan fingerprint density at radius 3 is 2.53 bits per heavy atom. The third-order valence-electron chi connectivity index (χ3n) is 1.89. The van der Waals surface area contributed by atoms with E-state index in [9.17, 15) is 13.2 Å². The first-order chi connectivity index (χ1) is 7.92. The number of rotatable bonds is 4. The van der Waals surface area contributed by atoms with Crippen molar-refractivity contribution in [3.63, 3.8) is 0 Å². The number of aromatic nitrogens is 1. The molecule has 1 rings (SSSR count). The molecule has 1 aromatic heterocycles. The first-order valence-electron chi connectivity index (χ1n) is 4.40. The van der Waals surface area contributed by atoms with Crippen molar-refractivity contribution in [2.24, 2.45) is 0 Å². The van der Waals surface area contributed by atoms with Gasteiger partial charge < -0.3 is 14.6 Å². The summed E-state index contributed by atoms with van der Waals surface area (Å²) in [5.41, 5.74) is -0.0542. The Morgan fingerprint density at radius 1 is 1.47 bits per heavy atom. The van der Waals surface area contributed by atoms with Gasteiger partial charge in [0.25, 0.3) is 0 Å². The van der Waals surface area contributed by atoms with Crippen molar-refractivity contribution in [2.45, 2.75) is 18.3 Å². The topological polar surface area (TPSA) is 51.6 Å². The first kappa shape index (κ1) is 14.0. The summed E-state index contributed by atoms with van der Waals surface area (Å²) in [6.07, 6.45) is -3.62. The Balaban J connectivity index is 3.30. The molecule has 0 bridgehead atoms. The molecule has 0 atom stereocenters. The zero-order valence-electron chi connectivity index (χ0n) is 8.71. The van der Waals surface area contributed by atoms with Crippen LogP contribution in [0.25, 0.3) is 0 Å². The van der Waals surface area contributed by atoms with E-state index in [0.717, 1.165) is 0 Å². The molecular formula is C9H9BrF3NO3. The quantitative estimate of drug-likeness (QED) is 0.867. The number of aliphatic hydroxyl groups is 1. The van der Waals surface area contributed by atoms with Crippen molar-refractivity contribution >= 4 is 15.9 Å². The number of alkyl halides is 4. The fraction of sp³-hybridized carbons (Fsp3) is 0.444. The summed E-state index contributed by atoms with van der Waals surface area (Å²) in [5.74, 6) is -0.380. The fourth-order valence-corrected chi connectivity index (χ4v) is 1.74. The normalized spacial score (nSPS) is 11.4. The maximum Gasteiger partial charge on any atom is 0.573 e. The van der Waals surface area contributed by atoms with Gasteiger partial charge in [0.2, 0.25) is 0 Å². The van der Waals surface area contributed by atoms with E-state index in [1.165, 1.54) is 13.3 Å². The highest BCUT2D eigenvalue weighted by Crippen LogP contribution is 2.35. The summed E-state index contributed by atoms with van der Waals surface area (Å²) in [6, 6.07) is 0. The molecule has 0 aromatic carbocycles. The van der Waals surface area contributed by atoms with E-state index >= 15 is 0 Å². The lowest BCUT2D eigenvalue weighted by atomic mass is 10.2. The molecule has 0 aliphatic heterocycles. The minimum atomic E-state index is -4.85. The predicted molar refractivity (Wildman–Crippen MR) is 56.0 cm³/mol. The largest absolute Gasteiger partial charge is 0.573 e. The molecule has 0 saturated heterocycles. The van der Waals surface area contributed by atoms with Gasteiger partial charge in [0, 0.05) is 5.33 Å². The number of halogens is 4. The Kier molecular flexibility index (Phi) is 4.58. The van der Waals surface area contributed by atoms with E-state index in [4.69, 9.17) is 9.84 Å². The number of methoxy groups -OCH3 is 1. The first-order valence-corrected chi connectivity index (χ1v) is 5.52. The van der Waals surface area contributed by atoms with Crippen molar-refractivity contribution < 1.29 is 27.8 Å². The second-order valence-corrected chi connectivity index (χ2v) is 3.48. The van der Waals surface area contributed by atoms with Crippen molar-refractivity contribution in [2.75, 3.05) is 7.11 Å². The summed E-state index contributed by atoms with van der Waals surface area (Å²) in [4.78, 5) is 3.64. The van der Waals surface area contributed by atoms with Gasteiger partial charge in [0.05, 0.1) is 25.5 Å². The van der Waals surface area contributed by atoms with E-state index < -0.39 is 18.7 Å². The van der Waals surface area contributed by atoms with E-state index in [1.54, 1.807) is 0 Å². The number of nitrogens with zero attached hydrogens (tertiary/aromatic N) is 1. The highest BCUT2D eigenvalue weighted by molar-refractivity contribution is 9.08. The summed E-state index contributed by atoms with van der Waals surface area (Å²) >= 11 is 3.03. The molecule has 0 saturated carbocycles. The van der Waals surface area contributed by atoms with Gasteiger partial charge in [-0.1, -0.05) is 15.9 Å². The van der Waals surface area contributed by atoms with Gasteiger partial charge in [0.1, 0.15) is 11.4 Å². The Labute approximate surface area is 103 Å². The lowest BCUT2D eigenvalue weighted by Gasteiger charge is -2.16. The predicted octanol–water partition coefficient (Wildman–Crippen LogP) is 2.38. The zero-order chi connectivity index (χ0) is 13.1. The minimum Gasteiger partial charge on any atom is -0.495 e. The van der Waals surface area contributed by atoms with E-state index in [-0.39, 0.29) is 22.3 Å². The molecule has 0 spiro atoms. The molecule has 0 unspecified atom stereocenters. The van der Waals surface area contributed by atoms with Gasteiger partial charge in [-0.2, -0.15) is 0 Å². The van der Waals surface area contributed by atoms with Crippen molar-refractivity contribution in [1.29, 1.82) is 0 Å². The van der Waals surface area contributed by atoms with Crippen LogP contribution in [0.1, 0.15) is 11.3 Å². The van der Waals surface area contributed by atoms with Crippen LogP contribution < -0.4 is 9.47 Å². The molecular weight excluding hydrogens is 307 g/mol. The molecule has 1 aromatic rings. The highest BCUT2D eigenvalue weighted by atomic mass is 79.9. The summed E-state index contributed by atoms with van der Waals surface area (Å²) < 4.78 is 45.4. The van der Waals surface area contributed by atoms with Crippen molar-refractivity contribution in [1.82, 2.24) is 4.98 Å².